The van der Waals surface area contributed by atoms with Crippen molar-refractivity contribution in [1.82, 2.24) is 14.8 Å². The lowest BCUT2D eigenvalue weighted by Gasteiger charge is -2.08. The van der Waals surface area contributed by atoms with Crippen molar-refractivity contribution >= 4 is 12.2 Å². The molecule has 0 aliphatic rings. The molecule has 27 heavy (non-hydrogen) atoms. The Balaban J connectivity index is 1.70. The quantitative estimate of drug-likeness (QED) is 0.261. The van der Waals surface area contributed by atoms with Crippen molar-refractivity contribution in [3.63, 3.8) is 0 Å². The first-order valence-corrected chi connectivity index (χ1v) is 10.4. The van der Waals surface area contributed by atoms with E-state index in [4.69, 9.17) is 23.4 Å². The summed E-state index contributed by atoms with van der Waals surface area (Å²) in [5.74, 6) is 4.51. The van der Waals surface area contributed by atoms with E-state index in [0.29, 0.717) is 4.77 Å². The molecule has 4 nitrogen and oxygen atoms in total. The third-order valence-corrected chi connectivity index (χ3v) is 5.05. The second-order valence-electron chi connectivity index (χ2n) is 6.87. The number of aryl methyl sites for hydroxylation is 1. The smallest absolute Gasteiger partial charge is 0.199 e. The maximum atomic E-state index is 5.41. The second-order valence-corrected chi connectivity index (χ2v) is 7.25. The van der Waals surface area contributed by atoms with Gasteiger partial charge in [0.2, 0.25) is 0 Å². The first-order chi connectivity index (χ1) is 13.3. The molecule has 2 aromatic rings. The summed E-state index contributed by atoms with van der Waals surface area (Å²) in [6, 6.07) is 7.92. The normalized spacial score (nSPS) is 10.7. The number of methoxy groups -OCH3 is 1. The Morgan fingerprint density at radius 3 is 2.41 bits per heavy atom. The zero-order valence-corrected chi connectivity index (χ0v) is 17.2. The zero-order valence-electron chi connectivity index (χ0n) is 16.4. The van der Waals surface area contributed by atoms with Gasteiger partial charge in [0.05, 0.1) is 12.8 Å². The highest BCUT2D eigenvalue weighted by atomic mass is 32.1. The number of hydrogen-bond acceptors (Lipinski definition) is 3. The Labute approximate surface area is 168 Å². The largest absolute Gasteiger partial charge is 0.497 e. The molecular formula is C22H31N3OS. The maximum Gasteiger partial charge on any atom is 0.199 e. The van der Waals surface area contributed by atoms with Gasteiger partial charge < -0.3 is 4.74 Å². The zero-order chi connectivity index (χ0) is 19.3. The van der Waals surface area contributed by atoms with E-state index in [1.165, 1.54) is 51.4 Å². The molecule has 1 aromatic heterocycles. The highest BCUT2D eigenvalue weighted by molar-refractivity contribution is 7.71. The van der Waals surface area contributed by atoms with Gasteiger partial charge in [0, 0.05) is 18.9 Å². The van der Waals surface area contributed by atoms with Crippen LogP contribution in [0.25, 0.3) is 5.69 Å². The molecule has 0 amide bonds. The van der Waals surface area contributed by atoms with Gasteiger partial charge in [0.25, 0.3) is 0 Å². The van der Waals surface area contributed by atoms with Crippen LogP contribution >= 0.6 is 12.2 Å². The van der Waals surface area contributed by atoms with Crippen LogP contribution in [0.4, 0.5) is 0 Å². The Kier molecular flexibility index (Phi) is 9.72. The van der Waals surface area contributed by atoms with Crippen LogP contribution in [0.3, 0.4) is 0 Å². The number of H-pyrrole nitrogens is 1. The molecule has 146 valence electrons. The van der Waals surface area contributed by atoms with Gasteiger partial charge in [-0.25, -0.2) is 0 Å². The Bertz CT molecular complexity index is 772. The van der Waals surface area contributed by atoms with Crippen molar-refractivity contribution in [2.45, 2.75) is 70.6 Å². The molecule has 0 aliphatic carbocycles. The monoisotopic (exact) mass is 385 g/mol. The molecule has 1 heterocycles. The number of aromatic nitrogens is 3. The Hall–Kier alpha value is -2.06. The van der Waals surface area contributed by atoms with E-state index in [1.54, 1.807) is 7.11 Å². The Morgan fingerprint density at radius 1 is 1.07 bits per heavy atom. The third-order valence-electron chi connectivity index (χ3n) is 4.77. The molecule has 2 rings (SSSR count). The van der Waals surface area contributed by atoms with E-state index in [2.05, 4.69) is 16.1 Å². The maximum absolute atomic E-state index is 5.41. The summed E-state index contributed by atoms with van der Waals surface area (Å²) in [7, 11) is 1.67. The molecule has 0 radical (unpaired) electrons. The first kappa shape index (κ1) is 21.2. The van der Waals surface area contributed by atoms with Crippen molar-refractivity contribution in [3.8, 4) is 23.8 Å². The van der Waals surface area contributed by atoms with Gasteiger partial charge in [-0.05, 0) is 37.2 Å². The fraction of sp³-hybridized carbons (Fsp3) is 0.545. The molecular weight excluding hydrogens is 354 g/mol. The van der Waals surface area contributed by atoms with Crippen LogP contribution in [-0.2, 0) is 6.42 Å². The predicted molar refractivity (Wildman–Crippen MR) is 114 cm³/mol. The predicted octanol–water partition coefficient (Wildman–Crippen LogP) is 6.02. The average Bonchev–Trinajstić information content (AvgIpc) is 3.06. The summed E-state index contributed by atoms with van der Waals surface area (Å²) in [5, 5.41) is 7.35. The fourth-order valence-electron chi connectivity index (χ4n) is 3.26. The number of terminal acetylenes is 1. The summed E-state index contributed by atoms with van der Waals surface area (Å²) >= 11 is 5.41. The average molecular weight is 386 g/mol. The van der Waals surface area contributed by atoms with E-state index < -0.39 is 0 Å². The van der Waals surface area contributed by atoms with E-state index >= 15 is 0 Å². The molecule has 0 aliphatic heterocycles. The van der Waals surface area contributed by atoms with Crippen LogP contribution in [0.5, 0.6) is 5.75 Å². The van der Waals surface area contributed by atoms with Crippen molar-refractivity contribution in [1.29, 1.82) is 0 Å². The van der Waals surface area contributed by atoms with E-state index in [-0.39, 0.29) is 0 Å². The van der Waals surface area contributed by atoms with E-state index in [1.807, 2.05) is 28.8 Å². The summed E-state index contributed by atoms with van der Waals surface area (Å²) < 4.78 is 7.95. The minimum absolute atomic E-state index is 0.628. The standard InChI is InChI=1S/C22H31N3OS/c1-3-4-5-6-7-8-9-10-11-12-13-17-21-23-24-22(27)25(21)19-15-14-16-20(18-19)26-2/h1,14-16,18H,4-13,17H2,2H3,(H,24,27). The van der Waals surface area contributed by atoms with Crippen LogP contribution in [0.1, 0.15) is 70.0 Å². The molecule has 5 heteroatoms. The summed E-state index contributed by atoms with van der Waals surface area (Å²) in [6.07, 6.45) is 18.5. The molecule has 0 bridgehead atoms. The minimum Gasteiger partial charge on any atom is -0.497 e. The topological polar surface area (TPSA) is 42.8 Å². The van der Waals surface area contributed by atoms with Gasteiger partial charge in [0.1, 0.15) is 11.6 Å². The molecule has 1 aromatic carbocycles. The number of rotatable bonds is 13. The molecule has 0 saturated heterocycles. The summed E-state index contributed by atoms with van der Waals surface area (Å²) in [6.45, 7) is 0. The number of aromatic amines is 1. The van der Waals surface area contributed by atoms with Gasteiger partial charge in [-0.1, -0.05) is 51.0 Å². The number of benzene rings is 1. The lowest BCUT2D eigenvalue weighted by atomic mass is 10.1. The molecule has 1 N–H and O–H groups in total. The SMILES string of the molecule is C#CCCCCCCCCCCCc1n[nH]c(=S)n1-c1cccc(OC)c1. The number of ether oxygens (including phenoxy) is 1. The van der Waals surface area contributed by atoms with Crippen molar-refractivity contribution in [3.05, 3.63) is 34.9 Å². The van der Waals surface area contributed by atoms with E-state index in [9.17, 15) is 0 Å². The van der Waals surface area contributed by atoms with Gasteiger partial charge in [-0.15, -0.1) is 12.3 Å². The summed E-state index contributed by atoms with van der Waals surface area (Å²) in [5.41, 5.74) is 0.993. The second kappa shape index (κ2) is 12.3. The fourth-order valence-corrected chi connectivity index (χ4v) is 3.52. The van der Waals surface area contributed by atoms with Crippen LogP contribution in [0, 0.1) is 17.1 Å². The van der Waals surface area contributed by atoms with Gasteiger partial charge in [-0.3, -0.25) is 9.67 Å². The van der Waals surface area contributed by atoms with Crippen molar-refractivity contribution in [2.75, 3.05) is 7.11 Å². The molecule has 0 saturated carbocycles. The van der Waals surface area contributed by atoms with Gasteiger partial charge >= 0.3 is 0 Å². The molecule has 0 unspecified atom stereocenters. The number of nitrogens with one attached hydrogen (secondary N) is 1. The van der Waals surface area contributed by atoms with Crippen LogP contribution < -0.4 is 4.74 Å². The van der Waals surface area contributed by atoms with Crippen molar-refractivity contribution < 1.29 is 4.74 Å². The molecule has 0 spiro atoms. The summed E-state index contributed by atoms with van der Waals surface area (Å²) in [4.78, 5) is 0. The van der Waals surface area contributed by atoms with E-state index in [0.717, 1.165) is 36.5 Å². The van der Waals surface area contributed by atoms with Crippen molar-refractivity contribution in [2.24, 2.45) is 0 Å². The Morgan fingerprint density at radius 2 is 1.74 bits per heavy atom. The lowest BCUT2D eigenvalue weighted by Crippen LogP contribution is -2.02. The highest BCUT2D eigenvalue weighted by Crippen LogP contribution is 2.19. The van der Waals surface area contributed by atoms with Crippen LogP contribution in [-0.4, -0.2) is 21.9 Å². The number of hydrogen-bond donors (Lipinski definition) is 1. The lowest BCUT2D eigenvalue weighted by molar-refractivity contribution is 0.414. The minimum atomic E-state index is 0.628. The van der Waals surface area contributed by atoms with Crippen LogP contribution in [0.15, 0.2) is 24.3 Å². The number of nitrogens with zero attached hydrogens (tertiary/aromatic N) is 2. The molecule has 0 fully saturated rings. The van der Waals surface area contributed by atoms with Gasteiger partial charge in [-0.2, -0.15) is 5.10 Å². The van der Waals surface area contributed by atoms with Crippen LogP contribution in [0.2, 0.25) is 0 Å². The third kappa shape index (κ3) is 7.22. The molecule has 0 atom stereocenters. The van der Waals surface area contributed by atoms with Gasteiger partial charge in [0.15, 0.2) is 4.77 Å². The first-order valence-electron chi connectivity index (χ1n) is 10.0. The number of unbranched alkanes of at least 4 members (excludes halogenated alkanes) is 9. The highest BCUT2D eigenvalue weighted by Gasteiger charge is 2.09.